The molecule has 3 heteroatoms. The maximum absolute atomic E-state index is 10.5. The van der Waals surface area contributed by atoms with Gasteiger partial charge in [-0.25, -0.2) is 0 Å². The van der Waals surface area contributed by atoms with Crippen LogP contribution in [0.25, 0.3) is 0 Å². The molecule has 1 aliphatic rings. The van der Waals surface area contributed by atoms with Crippen molar-refractivity contribution in [1.82, 2.24) is 0 Å². The van der Waals surface area contributed by atoms with E-state index in [1.807, 2.05) is 24.3 Å². The number of benzene rings is 1. The van der Waals surface area contributed by atoms with Crippen LogP contribution in [0.2, 0.25) is 0 Å². The van der Waals surface area contributed by atoms with Crippen molar-refractivity contribution in [2.24, 2.45) is 0 Å². The number of carbonyl (C=O) groups excluding carboxylic acids is 1. The minimum atomic E-state index is -0.218. The summed E-state index contributed by atoms with van der Waals surface area (Å²) < 4.78 is 0. The summed E-state index contributed by atoms with van der Waals surface area (Å²) in [5.74, 6) is 0. The fourth-order valence-corrected chi connectivity index (χ4v) is 1.95. The molecule has 1 atom stereocenters. The number of aliphatic hydroxyl groups is 1. The Labute approximate surface area is 89.3 Å². The van der Waals surface area contributed by atoms with Crippen molar-refractivity contribution in [3.05, 3.63) is 29.8 Å². The summed E-state index contributed by atoms with van der Waals surface area (Å²) in [6.07, 6.45) is 2.54. The Morgan fingerprint density at radius 3 is 2.67 bits per heavy atom. The molecule has 0 amide bonds. The molecule has 1 heterocycles. The van der Waals surface area contributed by atoms with Gasteiger partial charge in [0.15, 0.2) is 0 Å². The highest BCUT2D eigenvalue weighted by molar-refractivity contribution is 5.75. The SMILES string of the molecule is O=Cc1ccc(N2CCC[C@@H](O)C2)cc1. The molecule has 0 unspecified atom stereocenters. The van der Waals surface area contributed by atoms with Gasteiger partial charge in [0.25, 0.3) is 0 Å². The van der Waals surface area contributed by atoms with E-state index in [-0.39, 0.29) is 6.10 Å². The number of nitrogens with zero attached hydrogens (tertiary/aromatic N) is 1. The molecule has 0 aliphatic carbocycles. The number of aldehydes is 1. The molecule has 0 radical (unpaired) electrons. The van der Waals surface area contributed by atoms with Gasteiger partial charge >= 0.3 is 0 Å². The third-order valence-corrected chi connectivity index (χ3v) is 2.79. The van der Waals surface area contributed by atoms with Crippen LogP contribution in [0.3, 0.4) is 0 Å². The fraction of sp³-hybridized carbons (Fsp3) is 0.417. The average Bonchev–Trinajstić information content (AvgIpc) is 2.29. The second-order valence-corrected chi connectivity index (χ2v) is 3.95. The lowest BCUT2D eigenvalue weighted by Crippen LogP contribution is -2.38. The Balaban J connectivity index is 2.11. The van der Waals surface area contributed by atoms with Crippen molar-refractivity contribution in [1.29, 1.82) is 0 Å². The standard InChI is InChI=1S/C12H15NO2/c14-9-10-3-5-11(6-4-10)13-7-1-2-12(15)8-13/h3-6,9,12,15H,1-2,7-8H2/t12-/m1/s1. The van der Waals surface area contributed by atoms with Crippen LogP contribution in [0, 0.1) is 0 Å². The van der Waals surface area contributed by atoms with Gasteiger partial charge in [-0.15, -0.1) is 0 Å². The molecule has 0 bridgehead atoms. The highest BCUT2D eigenvalue weighted by Gasteiger charge is 2.17. The minimum Gasteiger partial charge on any atom is -0.391 e. The summed E-state index contributed by atoms with van der Waals surface area (Å²) in [7, 11) is 0. The number of piperidine rings is 1. The Morgan fingerprint density at radius 2 is 2.07 bits per heavy atom. The molecule has 1 fully saturated rings. The van der Waals surface area contributed by atoms with Crippen LogP contribution in [0.15, 0.2) is 24.3 Å². The van der Waals surface area contributed by atoms with Crippen LogP contribution < -0.4 is 4.90 Å². The van der Waals surface area contributed by atoms with Crippen LogP contribution in [-0.2, 0) is 0 Å². The Bertz CT molecular complexity index is 334. The van der Waals surface area contributed by atoms with Gasteiger partial charge in [0.05, 0.1) is 6.10 Å². The predicted molar refractivity (Wildman–Crippen MR) is 59.3 cm³/mol. The van der Waals surface area contributed by atoms with Gasteiger partial charge in [-0.3, -0.25) is 4.79 Å². The molecule has 80 valence electrons. The third-order valence-electron chi connectivity index (χ3n) is 2.79. The van der Waals surface area contributed by atoms with Gasteiger partial charge in [0.1, 0.15) is 6.29 Å². The number of rotatable bonds is 2. The molecule has 0 aromatic heterocycles. The van der Waals surface area contributed by atoms with E-state index in [1.165, 1.54) is 0 Å². The van der Waals surface area contributed by atoms with Gasteiger partial charge < -0.3 is 10.0 Å². The monoisotopic (exact) mass is 205 g/mol. The lowest BCUT2D eigenvalue weighted by atomic mass is 10.1. The normalized spacial score (nSPS) is 21.4. The molecule has 1 aromatic carbocycles. The second kappa shape index (κ2) is 4.45. The molecule has 0 saturated carbocycles. The van der Waals surface area contributed by atoms with Crippen molar-refractivity contribution in [2.75, 3.05) is 18.0 Å². The first-order valence-corrected chi connectivity index (χ1v) is 5.28. The van der Waals surface area contributed by atoms with E-state index in [2.05, 4.69) is 4.90 Å². The number of anilines is 1. The summed E-state index contributed by atoms with van der Waals surface area (Å²) >= 11 is 0. The zero-order valence-corrected chi connectivity index (χ0v) is 8.60. The first-order valence-electron chi connectivity index (χ1n) is 5.28. The molecular weight excluding hydrogens is 190 g/mol. The van der Waals surface area contributed by atoms with Gasteiger partial charge in [-0.1, -0.05) is 0 Å². The van der Waals surface area contributed by atoms with Crippen molar-refractivity contribution < 1.29 is 9.90 Å². The van der Waals surface area contributed by atoms with E-state index in [9.17, 15) is 9.90 Å². The van der Waals surface area contributed by atoms with Crippen molar-refractivity contribution in [3.63, 3.8) is 0 Å². The predicted octanol–water partition coefficient (Wildman–Crippen LogP) is 1.46. The molecule has 2 rings (SSSR count). The van der Waals surface area contributed by atoms with Crippen LogP contribution in [-0.4, -0.2) is 30.6 Å². The summed E-state index contributed by atoms with van der Waals surface area (Å²) in [5, 5.41) is 9.54. The minimum absolute atomic E-state index is 0.218. The molecular formula is C12H15NO2. The van der Waals surface area contributed by atoms with E-state index < -0.39 is 0 Å². The third kappa shape index (κ3) is 2.36. The van der Waals surface area contributed by atoms with Crippen LogP contribution in [0.1, 0.15) is 23.2 Å². The first kappa shape index (κ1) is 10.2. The van der Waals surface area contributed by atoms with E-state index in [1.54, 1.807) is 0 Å². The van der Waals surface area contributed by atoms with Crippen molar-refractivity contribution in [2.45, 2.75) is 18.9 Å². The lowest BCUT2D eigenvalue weighted by molar-refractivity contribution is 0.112. The maximum atomic E-state index is 10.5. The second-order valence-electron chi connectivity index (χ2n) is 3.95. The summed E-state index contributed by atoms with van der Waals surface area (Å²) in [6.45, 7) is 1.68. The Morgan fingerprint density at radius 1 is 1.33 bits per heavy atom. The molecule has 1 N–H and O–H groups in total. The molecule has 1 saturated heterocycles. The van der Waals surface area contributed by atoms with E-state index in [0.29, 0.717) is 12.1 Å². The summed E-state index contributed by atoms with van der Waals surface area (Å²) in [6, 6.07) is 7.48. The highest BCUT2D eigenvalue weighted by Crippen LogP contribution is 2.19. The topological polar surface area (TPSA) is 40.5 Å². The van der Waals surface area contributed by atoms with Crippen molar-refractivity contribution >= 4 is 12.0 Å². The quantitative estimate of drug-likeness (QED) is 0.743. The number of hydrogen-bond acceptors (Lipinski definition) is 3. The maximum Gasteiger partial charge on any atom is 0.150 e. The van der Waals surface area contributed by atoms with Gasteiger partial charge in [-0.05, 0) is 37.1 Å². The van der Waals surface area contributed by atoms with Gasteiger partial charge in [0, 0.05) is 24.3 Å². The molecule has 1 aromatic rings. The number of hydrogen-bond donors (Lipinski definition) is 1. The van der Waals surface area contributed by atoms with E-state index >= 15 is 0 Å². The molecule has 0 spiro atoms. The smallest absolute Gasteiger partial charge is 0.150 e. The van der Waals surface area contributed by atoms with Crippen LogP contribution in [0.5, 0.6) is 0 Å². The van der Waals surface area contributed by atoms with Gasteiger partial charge in [0.2, 0.25) is 0 Å². The molecule has 15 heavy (non-hydrogen) atoms. The Hall–Kier alpha value is -1.35. The number of β-amino-alcohol motifs (C(OH)–C–C–N with tert-alkyl or cyclic N) is 1. The molecule has 3 nitrogen and oxygen atoms in total. The highest BCUT2D eigenvalue weighted by atomic mass is 16.3. The fourth-order valence-electron chi connectivity index (χ4n) is 1.95. The summed E-state index contributed by atoms with van der Waals surface area (Å²) in [4.78, 5) is 12.6. The first-order chi connectivity index (χ1) is 7.29. The van der Waals surface area contributed by atoms with Crippen molar-refractivity contribution in [3.8, 4) is 0 Å². The van der Waals surface area contributed by atoms with E-state index in [4.69, 9.17) is 0 Å². The largest absolute Gasteiger partial charge is 0.391 e. The lowest BCUT2D eigenvalue weighted by Gasteiger charge is -2.31. The average molecular weight is 205 g/mol. The summed E-state index contributed by atoms with van der Waals surface area (Å²) in [5.41, 5.74) is 1.77. The van der Waals surface area contributed by atoms with Gasteiger partial charge in [-0.2, -0.15) is 0 Å². The number of aliphatic hydroxyl groups excluding tert-OH is 1. The van der Waals surface area contributed by atoms with E-state index in [0.717, 1.165) is 31.4 Å². The zero-order chi connectivity index (χ0) is 10.7. The number of carbonyl (C=O) groups is 1. The Kier molecular flexibility index (Phi) is 3.02. The van der Waals surface area contributed by atoms with Crippen LogP contribution >= 0.6 is 0 Å². The zero-order valence-electron chi connectivity index (χ0n) is 8.60. The molecule has 1 aliphatic heterocycles. The van der Waals surface area contributed by atoms with Crippen LogP contribution in [0.4, 0.5) is 5.69 Å².